The fraction of sp³-hybridized carbons (Fsp3) is 0.556. The van der Waals surface area contributed by atoms with E-state index < -0.39 is 10.9 Å². The third kappa shape index (κ3) is 3.16. The van der Waals surface area contributed by atoms with Crippen LogP contribution >= 0.6 is 0 Å². The summed E-state index contributed by atoms with van der Waals surface area (Å²) in [7, 11) is 1.56. The van der Waals surface area contributed by atoms with Gasteiger partial charge in [-0.05, 0) is 6.42 Å². The first-order valence-corrected chi connectivity index (χ1v) is 5.10. The molecule has 1 rings (SSSR count). The standard InChI is InChI=1S/C9H14N4O4/c1-3-4-12(6-8(14)15)9-7(13(16)17)5-11(2)10-9/h5H,3-4,6H2,1-2H3,(H,14,15). The van der Waals surface area contributed by atoms with Gasteiger partial charge in [0, 0.05) is 13.6 Å². The molecular weight excluding hydrogens is 228 g/mol. The van der Waals surface area contributed by atoms with E-state index in [-0.39, 0.29) is 18.1 Å². The van der Waals surface area contributed by atoms with E-state index >= 15 is 0 Å². The van der Waals surface area contributed by atoms with Crippen LogP contribution in [0, 0.1) is 10.1 Å². The molecule has 8 nitrogen and oxygen atoms in total. The molecule has 1 aromatic rings. The maximum atomic E-state index is 10.8. The molecule has 17 heavy (non-hydrogen) atoms. The maximum Gasteiger partial charge on any atom is 0.330 e. The normalized spacial score (nSPS) is 10.2. The Morgan fingerprint density at radius 2 is 2.35 bits per heavy atom. The number of aryl methyl sites for hydroxylation is 1. The molecule has 94 valence electrons. The Morgan fingerprint density at radius 3 is 2.82 bits per heavy atom. The highest BCUT2D eigenvalue weighted by Crippen LogP contribution is 2.25. The molecule has 0 unspecified atom stereocenters. The second-order valence-corrected chi connectivity index (χ2v) is 3.58. The molecule has 8 heteroatoms. The van der Waals surface area contributed by atoms with Crippen molar-refractivity contribution in [3.8, 4) is 0 Å². The van der Waals surface area contributed by atoms with Gasteiger partial charge < -0.3 is 10.0 Å². The number of anilines is 1. The van der Waals surface area contributed by atoms with Crippen molar-refractivity contribution in [2.24, 2.45) is 7.05 Å². The number of carboxylic acids is 1. The number of aromatic nitrogens is 2. The first kappa shape index (κ1) is 12.9. The quantitative estimate of drug-likeness (QED) is 0.579. The van der Waals surface area contributed by atoms with Crippen LogP contribution in [0.15, 0.2) is 6.20 Å². The van der Waals surface area contributed by atoms with Gasteiger partial charge in [-0.1, -0.05) is 6.92 Å². The summed E-state index contributed by atoms with van der Waals surface area (Å²) in [6.07, 6.45) is 1.95. The number of carbonyl (C=O) groups is 1. The van der Waals surface area contributed by atoms with Gasteiger partial charge in [0.15, 0.2) is 0 Å². The topological polar surface area (TPSA) is 102 Å². The molecule has 0 amide bonds. The number of rotatable bonds is 6. The molecule has 0 aromatic carbocycles. The predicted molar refractivity (Wildman–Crippen MR) is 60.0 cm³/mol. The lowest BCUT2D eigenvalue weighted by Gasteiger charge is -2.18. The molecule has 0 fully saturated rings. The zero-order valence-corrected chi connectivity index (χ0v) is 9.66. The summed E-state index contributed by atoms with van der Waals surface area (Å²) in [4.78, 5) is 22.3. The number of hydrogen-bond donors (Lipinski definition) is 1. The van der Waals surface area contributed by atoms with Crippen LogP contribution in [-0.4, -0.2) is 38.9 Å². The van der Waals surface area contributed by atoms with Gasteiger partial charge in [0.05, 0.1) is 4.92 Å². The van der Waals surface area contributed by atoms with E-state index in [4.69, 9.17) is 5.11 Å². The van der Waals surface area contributed by atoms with Gasteiger partial charge in [0.1, 0.15) is 12.7 Å². The van der Waals surface area contributed by atoms with E-state index in [9.17, 15) is 14.9 Å². The Kier molecular flexibility index (Phi) is 4.02. The summed E-state index contributed by atoms with van der Waals surface area (Å²) in [5.41, 5.74) is -0.179. The van der Waals surface area contributed by atoms with Crippen molar-refractivity contribution in [2.75, 3.05) is 18.0 Å². The molecule has 0 atom stereocenters. The molecule has 0 spiro atoms. The second-order valence-electron chi connectivity index (χ2n) is 3.58. The highest BCUT2D eigenvalue weighted by atomic mass is 16.6. The Morgan fingerprint density at radius 1 is 1.71 bits per heavy atom. The van der Waals surface area contributed by atoms with Gasteiger partial charge >= 0.3 is 11.7 Å². The van der Waals surface area contributed by atoms with Gasteiger partial charge in [-0.15, -0.1) is 5.10 Å². The average Bonchev–Trinajstić information content (AvgIpc) is 2.59. The van der Waals surface area contributed by atoms with Crippen LogP contribution in [-0.2, 0) is 11.8 Å². The summed E-state index contributed by atoms with van der Waals surface area (Å²) < 4.78 is 1.30. The van der Waals surface area contributed by atoms with Crippen LogP contribution in [0.25, 0.3) is 0 Å². The molecule has 1 N–H and O–H groups in total. The van der Waals surface area contributed by atoms with Crippen LogP contribution in [0.2, 0.25) is 0 Å². The fourth-order valence-corrected chi connectivity index (χ4v) is 1.51. The molecule has 0 saturated heterocycles. The summed E-state index contributed by atoms with van der Waals surface area (Å²) >= 11 is 0. The second kappa shape index (κ2) is 5.28. The van der Waals surface area contributed by atoms with Gasteiger partial charge in [-0.25, -0.2) is 0 Å². The summed E-state index contributed by atoms with van der Waals surface area (Å²) in [5.74, 6) is -0.944. The van der Waals surface area contributed by atoms with Crippen LogP contribution in [0.4, 0.5) is 11.5 Å². The maximum absolute atomic E-state index is 10.8. The van der Waals surface area contributed by atoms with Gasteiger partial charge in [0.2, 0.25) is 5.82 Å². The van der Waals surface area contributed by atoms with E-state index in [0.717, 1.165) is 0 Å². The van der Waals surface area contributed by atoms with Crippen molar-refractivity contribution in [2.45, 2.75) is 13.3 Å². The van der Waals surface area contributed by atoms with E-state index in [0.29, 0.717) is 13.0 Å². The van der Waals surface area contributed by atoms with E-state index in [2.05, 4.69) is 5.10 Å². The fourth-order valence-electron chi connectivity index (χ4n) is 1.51. The van der Waals surface area contributed by atoms with Crippen molar-refractivity contribution in [1.29, 1.82) is 0 Å². The van der Waals surface area contributed by atoms with Gasteiger partial charge in [0.25, 0.3) is 0 Å². The Balaban J connectivity index is 3.07. The number of aliphatic carboxylic acids is 1. The Bertz CT molecular complexity index is 429. The summed E-state index contributed by atoms with van der Waals surface area (Å²) in [6, 6.07) is 0. The van der Waals surface area contributed by atoms with Crippen molar-refractivity contribution < 1.29 is 14.8 Å². The van der Waals surface area contributed by atoms with E-state index in [1.54, 1.807) is 7.05 Å². The Labute approximate surface area is 97.6 Å². The molecule has 0 aliphatic carbocycles. The van der Waals surface area contributed by atoms with E-state index in [1.165, 1.54) is 15.8 Å². The van der Waals surface area contributed by atoms with Crippen molar-refractivity contribution in [3.63, 3.8) is 0 Å². The zero-order valence-electron chi connectivity index (χ0n) is 9.66. The smallest absolute Gasteiger partial charge is 0.330 e. The first-order valence-electron chi connectivity index (χ1n) is 5.10. The lowest BCUT2D eigenvalue weighted by atomic mass is 10.3. The highest BCUT2D eigenvalue weighted by molar-refractivity contribution is 5.74. The van der Waals surface area contributed by atoms with Crippen molar-refractivity contribution in [3.05, 3.63) is 16.3 Å². The number of nitro groups is 1. The minimum absolute atomic E-state index is 0.0988. The monoisotopic (exact) mass is 242 g/mol. The molecule has 0 aliphatic heterocycles. The minimum Gasteiger partial charge on any atom is -0.480 e. The molecular formula is C9H14N4O4. The molecule has 1 heterocycles. The van der Waals surface area contributed by atoms with Crippen LogP contribution in [0.3, 0.4) is 0 Å². The zero-order chi connectivity index (χ0) is 13.0. The summed E-state index contributed by atoms with van der Waals surface area (Å²) in [5, 5.41) is 23.5. The lowest BCUT2D eigenvalue weighted by Crippen LogP contribution is -2.31. The third-order valence-corrected chi connectivity index (χ3v) is 2.11. The number of hydrogen-bond acceptors (Lipinski definition) is 5. The molecule has 0 aliphatic rings. The third-order valence-electron chi connectivity index (χ3n) is 2.11. The number of carboxylic acid groups (broad SMARTS) is 1. The van der Waals surface area contributed by atoms with Crippen molar-refractivity contribution in [1.82, 2.24) is 9.78 Å². The number of nitrogens with zero attached hydrogens (tertiary/aromatic N) is 4. The average molecular weight is 242 g/mol. The van der Waals surface area contributed by atoms with Crippen LogP contribution < -0.4 is 4.90 Å². The van der Waals surface area contributed by atoms with Crippen LogP contribution in [0.1, 0.15) is 13.3 Å². The van der Waals surface area contributed by atoms with E-state index in [1.807, 2.05) is 6.92 Å². The molecule has 0 radical (unpaired) electrons. The largest absolute Gasteiger partial charge is 0.480 e. The highest BCUT2D eigenvalue weighted by Gasteiger charge is 2.24. The Hall–Kier alpha value is -2.12. The molecule has 0 bridgehead atoms. The minimum atomic E-state index is -1.04. The van der Waals surface area contributed by atoms with Gasteiger partial charge in [-0.3, -0.25) is 19.6 Å². The first-order chi connectivity index (χ1) is 7.95. The predicted octanol–water partition coefficient (Wildman–Crippen LogP) is 0.629. The van der Waals surface area contributed by atoms with Gasteiger partial charge in [-0.2, -0.15) is 0 Å². The molecule has 1 aromatic heterocycles. The molecule has 0 saturated carbocycles. The lowest BCUT2D eigenvalue weighted by molar-refractivity contribution is -0.384. The SMILES string of the molecule is CCCN(CC(=O)O)c1nn(C)cc1[N+](=O)[O-]. The van der Waals surface area contributed by atoms with Crippen LogP contribution in [0.5, 0.6) is 0 Å². The summed E-state index contributed by atoms with van der Waals surface area (Å²) in [6.45, 7) is 1.97. The van der Waals surface area contributed by atoms with Crippen molar-refractivity contribution >= 4 is 17.5 Å².